The van der Waals surface area contributed by atoms with E-state index < -0.39 is 12.1 Å². The number of hydrogen-bond donors (Lipinski definition) is 0. The molecule has 2 unspecified atom stereocenters. The first kappa shape index (κ1) is 30.7. The number of hydrogen-bond acceptors (Lipinski definition) is 11. The molecule has 232 valence electrons. The van der Waals surface area contributed by atoms with Crippen LogP contribution in [0.2, 0.25) is 0 Å². The monoisotopic (exact) mass is 603 g/mol. The van der Waals surface area contributed by atoms with Crippen molar-refractivity contribution in [3.8, 4) is 23.0 Å². The van der Waals surface area contributed by atoms with E-state index in [0.717, 1.165) is 22.3 Å². The molecule has 2 aromatic carbocycles. The standard InChI is InChI=1S/C33H37N3O8/c1-7-42-32(37)30-13-23(12-20(2)43-30)26-16-34-17-27-31(26)44-33(35-27)36(18-21-8-10-24(38-3)14-28(21)40-5)19-22-9-11-25(39-4)15-29(22)41-6/h8-12,14-17,20,30H,7,13,18-19H2,1-6H3. The Morgan fingerprint density at radius 1 is 0.932 bits per heavy atom. The van der Waals surface area contributed by atoms with E-state index in [9.17, 15) is 4.79 Å². The van der Waals surface area contributed by atoms with Crippen molar-refractivity contribution in [2.45, 2.75) is 45.6 Å². The number of anilines is 1. The van der Waals surface area contributed by atoms with Crippen LogP contribution < -0.4 is 23.8 Å². The lowest BCUT2D eigenvalue weighted by Crippen LogP contribution is -2.32. The van der Waals surface area contributed by atoms with Crippen LogP contribution >= 0.6 is 0 Å². The second kappa shape index (κ2) is 13.7. The number of benzene rings is 2. The zero-order chi connectivity index (χ0) is 31.2. The Kier molecular flexibility index (Phi) is 9.54. The molecule has 0 N–H and O–H groups in total. The number of pyridine rings is 1. The highest BCUT2D eigenvalue weighted by molar-refractivity contribution is 5.89. The molecule has 11 nitrogen and oxygen atoms in total. The van der Waals surface area contributed by atoms with Crippen LogP contribution in [-0.2, 0) is 27.4 Å². The number of oxazole rings is 1. The van der Waals surface area contributed by atoms with E-state index in [1.54, 1.807) is 47.8 Å². The molecule has 0 saturated carbocycles. The molecule has 0 amide bonds. The van der Waals surface area contributed by atoms with E-state index in [4.69, 9.17) is 37.8 Å². The summed E-state index contributed by atoms with van der Waals surface area (Å²) in [5, 5.41) is 0. The average molecular weight is 604 g/mol. The predicted molar refractivity (Wildman–Crippen MR) is 164 cm³/mol. The number of aromatic nitrogens is 2. The van der Waals surface area contributed by atoms with Crippen LogP contribution in [0.25, 0.3) is 16.7 Å². The van der Waals surface area contributed by atoms with Gasteiger partial charge in [-0.3, -0.25) is 4.98 Å². The lowest BCUT2D eigenvalue weighted by Gasteiger charge is -2.26. The van der Waals surface area contributed by atoms with Crippen LogP contribution in [0.3, 0.4) is 0 Å². The summed E-state index contributed by atoms with van der Waals surface area (Å²) in [4.78, 5) is 23.8. The quantitative estimate of drug-likeness (QED) is 0.189. The first-order valence-corrected chi connectivity index (χ1v) is 14.3. The molecule has 0 aliphatic carbocycles. The summed E-state index contributed by atoms with van der Waals surface area (Å²) in [5.41, 5.74) is 4.57. The Balaban J connectivity index is 1.56. The van der Waals surface area contributed by atoms with Gasteiger partial charge in [-0.15, -0.1) is 0 Å². The van der Waals surface area contributed by atoms with Gasteiger partial charge in [0.1, 0.15) is 28.5 Å². The smallest absolute Gasteiger partial charge is 0.335 e. The molecule has 2 atom stereocenters. The van der Waals surface area contributed by atoms with Gasteiger partial charge in [-0.25, -0.2) is 4.79 Å². The molecule has 44 heavy (non-hydrogen) atoms. The van der Waals surface area contributed by atoms with Crippen molar-refractivity contribution in [1.29, 1.82) is 0 Å². The normalized spacial score (nSPS) is 16.3. The minimum Gasteiger partial charge on any atom is -0.497 e. The zero-order valence-electron chi connectivity index (χ0n) is 25.8. The number of methoxy groups -OCH3 is 4. The number of carbonyl (C=O) groups excluding carboxylic acids is 1. The molecule has 0 saturated heterocycles. The summed E-state index contributed by atoms with van der Waals surface area (Å²) < 4.78 is 39.8. The summed E-state index contributed by atoms with van der Waals surface area (Å²) in [7, 11) is 6.48. The first-order chi connectivity index (χ1) is 21.4. The summed E-state index contributed by atoms with van der Waals surface area (Å²) in [6, 6.07) is 11.7. The van der Waals surface area contributed by atoms with Gasteiger partial charge in [0.15, 0.2) is 11.7 Å². The molecule has 0 spiro atoms. The van der Waals surface area contributed by atoms with E-state index in [-0.39, 0.29) is 12.7 Å². The topological polar surface area (TPSA) is 115 Å². The molecule has 4 aromatic rings. The van der Waals surface area contributed by atoms with Crippen LogP contribution in [-0.4, -0.2) is 63.2 Å². The van der Waals surface area contributed by atoms with Crippen LogP contribution in [0, 0.1) is 0 Å². The Bertz CT molecular complexity index is 1590. The molecule has 0 fully saturated rings. The van der Waals surface area contributed by atoms with Gasteiger partial charge in [-0.2, -0.15) is 4.98 Å². The largest absolute Gasteiger partial charge is 0.497 e. The summed E-state index contributed by atoms with van der Waals surface area (Å²) in [6.07, 6.45) is 4.67. The van der Waals surface area contributed by atoms with Crippen molar-refractivity contribution < 1.29 is 37.6 Å². The average Bonchev–Trinajstić information content (AvgIpc) is 3.49. The maximum atomic E-state index is 12.5. The SMILES string of the molecule is CCOC(=O)C1CC(c2cncc3nc(N(Cc4ccc(OC)cc4OC)Cc4ccc(OC)cc4OC)oc23)=CC(C)O1. The Morgan fingerprint density at radius 3 is 2.14 bits per heavy atom. The van der Waals surface area contributed by atoms with E-state index in [2.05, 4.69) is 4.98 Å². The fourth-order valence-corrected chi connectivity index (χ4v) is 5.24. The van der Waals surface area contributed by atoms with Crippen LogP contribution in [0.15, 0.2) is 59.3 Å². The van der Waals surface area contributed by atoms with Crippen molar-refractivity contribution >= 4 is 28.7 Å². The predicted octanol–water partition coefficient (Wildman–Crippen LogP) is 5.59. The summed E-state index contributed by atoms with van der Waals surface area (Å²) >= 11 is 0. The van der Waals surface area contributed by atoms with Gasteiger partial charge in [0, 0.05) is 41.4 Å². The fraction of sp³-hybridized carbons (Fsp3) is 0.364. The second-order valence-electron chi connectivity index (χ2n) is 10.2. The third-order valence-corrected chi connectivity index (χ3v) is 7.38. The molecule has 1 aliphatic heterocycles. The van der Waals surface area contributed by atoms with Crippen LogP contribution in [0.5, 0.6) is 23.0 Å². The lowest BCUT2D eigenvalue weighted by atomic mass is 9.96. The maximum Gasteiger partial charge on any atom is 0.335 e. The Morgan fingerprint density at radius 2 is 1.57 bits per heavy atom. The van der Waals surface area contributed by atoms with Gasteiger partial charge >= 0.3 is 5.97 Å². The maximum absolute atomic E-state index is 12.5. The zero-order valence-corrected chi connectivity index (χ0v) is 25.8. The fourth-order valence-electron chi connectivity index (χ4n) is 5.24. The van der Waals surface area contributed by atoms with Gasteiger partial charge in [0.05, 0.1) is 60.4 Å². The van der Waals surface area contributed by atoms with E-state index >= 15 is 0 Å². The second-order valence-corrected chi connectivity index (χ2v) is 10.2. The van der Waals surface area contributed by atoms with E-state index in [0.29, 0.717) is 59.6 Å². The highest BCUT2D eigenvalue weighted by atomic mass is 16.6. The Hall–Kier alpha value is -4.77. The number of carbonyl (C=O) groups is 1. The minimum absolute atomic E-state index is 0.280. The molecule has 3 heterocycles. The molecule has 0 radical (unpaired) electrons. The van der Waals surface area contributed by atoms with Gasteiger partial charge in [0.25, 0.3) is 6.01 Å². The molecule has 1 aliphatic rings. The number of nitrogens with zero attached hydrogens (tertiary/aromatic N) is 3. The Labute approximate surface area is 256 Å². The number of ether oxygens (including phenoxy) is 6. The third-order valence-electron chi connectivity index (χ3n) is 7.38. The van der Waals surface area contributed by atoms with Crippen molar-refractivity contribution in [3.63, 3.8) is 0 Å². The van der Waals surface area contributed by atoms with Gasteiger partial charge in [-0.1, -0.05) is 6.08 Å². The number of rotatable bonds is 12. The molecule has 2 aromatic heterocycles. The van der Waals surface area contributed by atoms with Crippen LogP contribution in [0.1, 0.15) is 37.0 Å². The highest BCUT2D eigenvalue weighted by Crippen LogP contribution is 2.36. The van der Waals surface area contributed by atoms with E-state index in [1.807, 2.05) is 54.3 Å². The van der Waals surface area contributed by atoms with Crippen molar-refractivity contribution in [2.24, 2.45) is 0 Å². The lowest BCUT2D eigenvalue weighted by molar-refractivity contribution is -0.158. The summed E-state index contributed by atoms with van der Waals surface area (Å²) in [5.74, 6) is 2.32. The van der Waals surface area contributed by atoms with Crippen molar-refractivity contribution in [1.82, 2.24) is 9.97 Å². The summed E-state index contributed by atoms with van der Waals surface area (Å²) in [6.45, 7) is 4.74. The van der Waals surface area contributed by atoms with Gasteiger partial charge < -0.3 is 37.7 Å². The number of fused-ring (bicyclic) bond motifs is 1. The number of esters is 1. The molecular weight excluding hydrogens is 566 g/mol. The molecule has 5 rings (SSSR count). The van der Waals surface area contributed by atoms with Gasteiger partial charge in [0.2, 0.25) is 0 Å². The van der Waals surface area contributed by atoms with Crippen LogP contribution in [0.4, 0.5) is 6.01 Å². The molecular formula is C33H37N3O8. The first-order valence-electron chi connectivity index (χ1n) is 14.3. The van der Waals surface area contributed by atoms with Gasteiger partial charge in [-0.05, 0) is 43.7 Å². The third kappa shape index (κ3) is 6.57. The molecule has 0 bridgehead atoms. The highest BCUT2D eigenvalue weighted by Gasteiger charge is 2.30. The van der Waals surface area contributed by atoms with Crippen molar-refractivity contribution in [2.75, 3.05) is 39.9 Å². The van der Waals surface area contributed by atoms with Crippen molar-refractivity contribution in [3.05, 3.63) is 71.6 Å². The molecule has 11 heteroatoms. The van der Waals surface area contributed by atoms with E-state index in [1.165, 1.54) is 0 Å². The minimum atomic E-state index is -0.718.